The van der Waals surface area contributed by atoms with E-state index in [0.717, 1.165) is 0 Å². The number of aromatic nitrogens is 2. The number of nitrogens with zero attached hydrogens (tertiary/aromatic N) is 3. The molecule has 1 fully saturated rings. The highest BCUT2D eigenvalue weighted by molar-refractivity contribution is 5.97. The summed E-state index contributed by atoms with van der Waals surface area (Å²) in [4.78, 5) is 23.0. The van der Waals surface area contributed by atoms with Gasteiger partial charge in [0.2, 0.25) is 0 Å². The summed E-state index contributed by atoms with van der Waals surface area (Å²) >= 11 is 0. The van der Waals surface area contributed by atoms with Crippen LogP contribution in [-0.4, -0.2) is 65.3 Å². The summed E-state index contributed by atoms with van der Waals surface area (Å²) in [5.74, 6) is 0.632. The van der Waals surface area contributed by atoms with Gasteiger partial charge >= 0.3 is 0 Å². The highest BCUT2D eigenvalue weighted by atomic mass is 16.5. The minimum absolute atomic E-state index is 0.0936. The Morgan fingerprint density at radius 1 is 1.62 bits per heavy atom. The van der Waals surface area contributed by atoms with Crippen LogP contribution in [0, 0.1) is 0 Å². The van der Waals surface area contributed by atoms with Gasteiger partial charge in [0.15, 0.2) is 5.69 Å². The Morgan fingerprint density at radius 2 is 2.38 bits per heavy atom. The Morgan fingerprint density at radius 3 is 3.00 bits per heavy atom. The first kappa shape index (κ1) is 15.7. The van der Waals surface area contributed by atoms with Crippen LogP contribution < -0.4 is 5.32 Å². The van der Waals surface area contributed by atoms with Crippen LogP contribution in [0.1, 0.15) is 36.1 Å². The number of anilines is 1. The zero-order valence-corrected chi connectivity index (χ0v) is 12.7. The van der Waals surface area contributed by atoms with Crippen molar-refractivity contribution in [2.24, 2.45) is 0 Å². The standard InChI is InChI=1S/C14H22N4O3/c1-9(2)13-16-6-11(15-3)12(17-13)14(20)18-4-5-21-10(7-18)8-19/h6,9-10,15,19H,4-5,7-8H2,1-3H3. The van der Waals surface area contributed by atoms with Crippen molar-refractivity contribution >= 4 is 11.6 Å². The van der Waals surface area contributed by atoms with Crippen LogP contribution in [0.5, 0.6) is 0 Å². The van der Waals surface area contributed by atoms with Crippen molar-refractivity contribution in [1.82, 2.24) is 14.9 Å². The van der Waals surface area contributed by atoms with Crippen molar-refractivity contribution in [2.45, 2.75) is 25.9 Å². The van der Waals surface area contributed by atoms with E-state index in [9.17, 15) is 9.90 Å². The minimum atomic E-state index is -0.327. The van der Waals surface area contributed by atoms with E-state index in [0.29, 0.717) is 36.9 Å². The van der Waals surface area contributed by atoms with E-state index in [1.165, 1.54) is 0 Å². The fourth-order valence-corrected chi connectivity index (χ4v) is 2.18. The maximum Gasteiger partial charge on any atom is 0.274 e. The predicted octanol–water partition coefficient (Wildman–Crippen LogP) is 0.475. The number of carbonyl (C=O) groups is 1. The number of ether oxygens (including phenoxy) is 1. The van der Waals surface area contributed by atoms with Gasteiger partial charge in [-0.25, -0.2) is 9.97 Å². The molecule has 1 aromatic heterocycles. The predicted molar refractivity (Wildman–Crippen MR) is 78.4 cm³/mol. The average Bonchev–Trinajstić information content (AvgIpc) is 2.53. The number of rotatable bonds is 4. The molecule has 0 bridgehead atoms. The first-order valence-corrected chi connectivity index (χ1v) is 7.13. The Labute approximate surface area is 124 Å². The molecule has 7 heteroatoms. The Balaban J connectivity index is 2.26. The van der Waals surface area contributed by atoms with Crippen LogP contribution in [-0.2, 0) is 4.74 Å². The van der Waals surface area contributed by atoms with E-state index in [1.54, 1.807) is 18.1 Å². The molecule has 0 saturated carbocycles. The van der Waals surface area contributed by atoms with Gasteiger partial charge in [-0.05, 0) is 0 Å². The molecular weight excluding hydrogens is 272 g/mol. The maximum absolute atomic E-state index is 12.7. The summed E-state index contributed by atoms with van der Waals surface area (Å²) in [6, 6.07) is 0. The highest BCUT2D eigenvalue weighted by Gasteiger charge is 2.27. The minimum Gasteiger partial charge on any atom is -0.394 e. The fourth-order valence-electron chi connectivity index (χ4n) is 2.18. The maximum atomic E-state index is 12.7. The van der Waals surface area contributed by atoms with Crippen LogP contribution in [0.4, 0.5) is 5.69 Å². The second kappa shape index (κ2) is 6.82. The van der Waals surface area contributed by atoms with E-state index in [4.69, 9.17) is 4.74 Å². The molecule has 0 spiro atoms. The zero-order chi connectivity index (χ0) is 15.4. The molecule has 1 aliphatic heterocycles. The fraction of sp³-hybridized carbons (Fsp3) is 0.643. The van der Waals surface area contributed by atoms with Crippen LogP contribution in [0.25, 0.3) is 0 Å². The molecule has 2 heterocycles. The molecule has 1 saturated heterocycles. The molecule has 7 nitrogen and oxygen atoms in total. The van der Waals surface area contributed by atoms with E-state index in [2.05, 4.69) is 15.3 Å². The van der Waals surface area contributed by atoms with Crippen molar-refractivity contribution < 1.29 is 14.6 Å². The summed E-state index contributed by atoms with van der Waals surface area (Å²) in [6.07, 6.45) is 1.31. The lowest BCUT2D eigenvalue weighted by atomic mass is 10.2. The number of morpholine rings is 1. The molecule has 2 N–H and O–H groups in total. The summed E-state index contributed by atoms with van der Waals surface area (Å²) in [5, 5.41) is 12.1. The molecule has 2 rings (SSSR count). The van der Waals surface area contributed by atoms with Crippen molar-refractivity contribution in [3.8, 4) is 0 Å². The van der Waals surface area contributed by atoms with Gasteiger partial charge in [0.25, 0.3) is 5.91 Å². The summed E-state index contributed by atoms with van der Waals surface area (Å²) in [6.45, 7) is 5.18. The molecule has 0 radical (unpaired) electrons. The Bertz CT molecular complexity index is 507. The van der Waals surface area contributed by atoms with Crippen molar-refractivity contribution in [3.05, 3.63) is 17.7 Å². The number of carbonyl (C=O) groups excluding carboxylic acids is 1. The van der Waals surface area contributed by atoms with Gasteiger partial charge in [0, 0.05) is 26.1 Å². The molecule has 0 aromatic carbocycles. The summed E-state index contributed by atoms with van der Waals surface area (Å²) in [5.41, 5.74) is 0.978. The third-order valence-corrected chi connectivity index (χ3v) is 3.43. The van der Waals surface area contributed by atoms with E-state index in [-0.39, 0.29) is 24.5 Å². The number of aliphatic hydroxyl groups is 1. The quantitative estimate of drug-likeness (QED) is 0.839. The normalized spacial score (nSPS) is 18.9. The molecule has 1 aliphatic rings. The first-order chi connectivity index (χ1) is 10.1. The largest absolute Gasteiger partial charge is 0.394 e. The second-order valence-corrected chi connectivity index (χ2v) is 5.32. The lowest BCUT2D eigenvalue weighted by Gasteiger charge is -2.32. The molecule has 1 aromatic rings. The molecule has 116 valence electrons. The first-order valence-electron chi connectivity index (χ1n) is 7.13. The number of hydrogen-bond acceptors (Lipinski definition) is 6. The van der Waals surface area contributed by atoms with E-state index in [1.807, 2.05) is 13.8 Å². The Hall–Kier alpha value is -1.73. The third-order valence-electron chi connectivity index (χ3n) is 3.43. The SMILES string of the molecule is CNc1cnc(C(C)C)nc1C(=O)N1CCOC(CO)C1. The van der Waals surface area contributed by atoms with Crippen LogP contribution in [0.3, 0.4) is 0 Å². The summed E-state index contributed by atoms with van der Waals surface area (Å²) in [7, 11) is 1.74. The van der Waals surface area contributed by atoms with Gasteiger partial charge in [0.1, 0.15) is 5.82 Å². The molecule has 1 unspecified atom stereocenters. The van der Waals surface area contributed by atoms with Gasteiger partial charge in [0.05, 0.1) is 31.2 Å². The molecule has 21 heavy (non-hydrogen) atoms. The second-order valence-electron chi connectivity index (χ2n) is 5.32. The molecule has 0 aliphatic carbocycles. The summed E-state index contributed by atoms with van der Waals surface area (Å²) < 4.78 is 5.37. The lowest BCUT2D eigenvalue weighted by molar-refractivity contribution is -0.0448. The molecule has 1 atom stereocenters. The van der Waals surface area contributed by atoms with Crippen molar-refractivity contribution in [2.75, 3.05) is 38.7 Å². The van der Waals surface area contributed by atoms with Crippen LogP contribution >= 0.6 is 0 Å². The topological polar surface area (TPSA) is 87.6 Å². The van der Waals surface area contributed by atoms with Crippen LogP contribution in [0.15, 0.2) is 6.20 Å². The zero-order valence-electron chi connectivity index (χ0n) is 12.7. The Kier molecular flexibility index (Phi) is 5.08. The molecular formula is C14H22N4O3. The van der Waals surface area contributed by atoms with Gasteiger partial charge in [-0.1, -0.05) is 13.8 Å². The highest BCUT2D eigenvalue weighted by Crippen LogP contribution is 2.19. The molecule has 1 amide bonds. The third kappa shape index (κ3) is 3.48. The van der Waals surface area contributed by atoms with E-state index >= 15 is 0 Å². The number of aliphatic hydroxyl groups excluding tert-OH is 1. The van der Waals surface area contributed by atoms with Gasteiger partial charge in [-0.3, -0.25) is 4.79 Å². The van der Waals surface area contributed by atoms with Gasteiger partial charge < -0.3 is 20.1 Å². The van der Waals surface area contributed by atoms with Crippen molar-refractivity contribution in [3.63, 3.8) is 0 Å². The van der Waals surface area contributed by atoms with Crippen LogP contribution in [0.2, 0.25) is 0 Å². The average molecular weight is 294 g/mol. The smallest absolute Gasteiger partial charge is 0.274 e. The van der Waals surface area contributed by atoms with E-state index < -0.39 is 0 Å². The van der Waals surface area contributed by atoms with Gasteiger partial charge in [-0.2, -0.15) is 0 Å². The number of nitrogens with one attached hydrogen (secondary N) is 1. The number of hydrogen-bond donors (Lipinski definition) is 2. The van der Waals surface area contributed by atoms with Gasteiger partial charge in [-0.15, -0.1) is 0 Å². The van der Waals surface area contributed by atoms with Crippen molar-refractivity contribution in [1.29, 1.82) is 0 Å². The monoisotopic (exact) mass is 294 g/mol. The lowest BCUT2D eigenvalue weighted by Crippen LogP contribution is -2.47. The number of amides is 1.